The van der Waals surface area contributed by atoms with Crippen molar-refractivity contribution < 1.29 is 14.6 Å². The second kappa shape index (κ2) is 8.76. The van der Waals surface area contributed by atoms with E-state index in [-0.39, 0.29) is 18.7 Å². The minimum atomic E-state index is -0.517. The van der Waals surface area contributed by atoms with Gasteiger partial charge in [-0.2, -0.15) is 0 Å². The number of amides is 1. The van der Waals surface area contributed by atoms with E-state index in [1.807, 2.05) is 58.0 Å². The Kier molecular flexibility index (Phi) is 7.35. The Morgan fingerprint density at radius 1 is 1.27 bits per heavy atom. The summed E-state index contributed by atoms with van der Waals surface area (Å²) in [5.74, 6) is 0. The summed E-state index contributed by atoms with van der Waals surface area (Å²) < 4.78 is 5.30. The second-order valence-electron chi connectivity index (χ2n) is 6.35. The van der Waals surface area contributed by atoms with Crippen molar-refractivity contribution in [3.8, 4) is 0 Å². The van der Waals surface area contributed by atoms with Crippen molar-refractivity contribution in [1.82, 2.24) is 10.6 Å². The highest BCUT2D eigenvalue weighted by Gasteiger charge is 2.23. The van der Waals surface area contributed by atoms with Gasteiger partial charge in [-0.15, -0.1) is 0 Å². The fourth-order valence-electron chi connectivity index (χ4n) is 2.16. The monoisotopic (exact) mass is 308 g/mol. The molecule has 2 atom stereocenters. The van der Waals surface area contributed by atoms with E-state index in [2.05, 4.69) is 10.6 Å². The normalized spacial score (nSPS) is 14.2. The highest BCUT2D eigenvalue weighted by atomic mass is 16.6. The zero-order valence-electron chi connectivity index (χ0n) is 13.9. The van der Waals surface area contributed by atoms with E-state index in [4.69, 9.17) is 9.84 Å². The van der Waals surface area contributed by atoms with Crippen LogP contribution in [-0.2, 0) is 4.74 Å². The van der Waals surface area contributed by atoms with Crippen molar-refractivity contribution in [2.45, 2.75) is 51.8 Å². The molecule has 0 aromatic heterocycles. The summed E-state index contributed by atoms with van der Waals surface area (Å²) in [6.07, 6.45) is 0.243. The van der Waals surface area contributed by atoms with Gasteiger partial charge in [-0.25, -0.2) is 4.79 Å². The van der Waals surface area contributed by atoms with Crippen molar-refractivity contribution in [3.63, 3.8) is 0 Å². The van der Waals surface area contributed by atoms with Gasteiger partial charge in [0.2, 0.25) is 0 Å². The van der Waals surface area contributed by atoms with E-state index in [9.17, 15) is 4.79 Å². The number of aliphatic hydroxyl groups is 1. The van der Waals surface area contributed by atoms with Crippen molar-refractivity contribution in [1.29, 1.82) is 0 Å². The molecule has 1 rings (SSSR count). The van der Waals surface area contributed by atoms with Crippen LogP contribution in [0.5, 0.6) is 0 Å². The zero-order valence-corrected chi connectivity index (χ0v) is 13.9. The van der Waals surface area contributed by atoms with Crippen LogP contribution in [-0.4, -0.2) is 36.0 Å². The first-order valence-electron chi connectivity index (χ1n) is 7.72. The van der Waals surface area contributed by atoms with Crippen LogP contribution in [0.2, 0.25) is 0 Å². The Hall–Kier alpha value is -1.59. The lowest BCUT2D eigenvalue weighted by molar-refractivity contribution is 0.0497. The number of rotatable bonds is 7. The van der Waals surface area contributed by atoms with Crippen LogP contribution >= 0.6 is 0 Å². The lowest BCUT2D eigenvalue weighted by Gasteiger charge is -2.28. The molecule has 1 aromatic carbocycles. The molecule has 124 valence electrons. The molecule has 0 aliphatic rings. The van der Waals surface area contributed by atoms with Gasteiger partial charge in [0.15, 0.2) is 0 Å². The Labute approximate surface area is 133 Å². The number of carbonyl (C=O) groups is 1. The number of benzene rings is 1. The maximum atomic E-state index is 11.9. The quantitative estimate of drug-likeness (QED) is 0.677. The molecular weight excluding hydrogens is 280 g/mol. The molecule has 22 heavy (non-hydrogen) atoms. The van der Waals surface area contributed by atoms with Crippen molar-refractivity contribution >= 4 is 6.09 Å². The summed E-state index contributed by atoms with van der Waals surface area (Å²) in [5.41, 5.74) is 0.570. The Balaban J connectivity index is 2.71. The van der Waals surface area contributed by atoms with Crippen LogP contribution in [0.1, 0.15) is 45.7 Å². The van der Waals surface area contributed by atoms with Crippen LogP contribution in [0.3, 0.4) is 0 Å². The second-order valence-corrected chi connectivity index (χ2v) is 6.35. The average molecular weight is 308 g/mol. The molecule has 0 spiro atoms. The first-order chi connectivity index (χ1) is 10.3. The van der Waals surface area contributed by atoms with E-state index in [0.717, 1.165) is 5.56 Å². The minimum Gasteiger partial charge on any atom is -0.444 e. The predicted molar refractivity (Wildman–Crippen MR) is 87.7 cm³/mol. The van der Waals surface area contributed by atoms with Gasteiger partial charge in [0.1, 0.15) is 5.60 Å². The molecule has 3 N–H and O–H groups in total. The third kappa shape index (κ3) is 6.91. The van der Waals surface area contributed by atoms with Gasteiger partial charge in [0, 0.05) is 12.6 Å². The fraction of sp³-hybridized carbons (Fsp3) is 0.588. The van der Waals surface area contributed by atoms with Crippen molar-refractivity contribution in [2.24, 2.45) is 0 Å². The molecule has 0 radical (unpaired) electrons. The molecule has 0 aliphatic heterocycles. The number of aliphatic hydroxyl groups excluding tert-OH is 1. The molecule has 5 heteroatoms. The molecule has 0 heterocycles. The SMILES string of the molecule is CC(NC(=O)OC(C)(C)C)C(NCCCO)c1ccccc1. The number of hydrogen-bond acceptors (Lipinski definition) is 4. The van der Waals surface area contributed by atoms with Crippen LogP contribution in [0.4, 0.5) is 4.79 Å². The van der Waals surface area contributed by atoms with Crippen LogP contribution in [0.15, 0.2) is 30.3 Å². The third-order valence-corrected chi connectivity index (χ3v) is 3.10. The fourth-order valence-corrected chi connectivity index (χ4v) is 2.16. The number of alkyl carbamates (subject to hydrolysis) is 1. The number of ether oxygens (including phenoxy) is 1. The molecule has 0 saturated carbocycles. The maximum absolute atomic E-state index is 11.9. The van der Waals surface area contributed by atoms with Crippen molar-refractivity contribution in [2.75, 3.05) is 13.2 Å². The molecule has 0 bridgehead atoms. The minimum absolute atomic E-state index is 0.0414. The molecule has 5 nitrogen and oxygen atoms in total. The Bertz CT molecular complexity index is 443. The van der Waals surface area contributed by atoms with Crippen LogP contribution in [0, 0.1) is 0 Å². The van der Waals surface area contributed by atoms with E-state index < -0.39 is 11.7 Å². The van der Waals surface area contributed by atoms with E-state index in [1.165, 1.54) is 0 Å². The first-order valence-corrected chi connectivity index (χ1v) is 7.72. The smallest absolute Gasteiger partial charge is 0.407 e. The van der Waals surface area contributed by atoms with Crippen LogP contribution in [0.25, 0.3) is 0 Å². The molecule has 0 aliphatic carbocycles. The summed E-state index contributed by atoms with van der Waals surface area (Å²) in [7, 11) is 0. The molecule has 0 saturated heterocycles. The molecular formula is C17H28N2O3. The number of hydrogen-bond donors (Lipinski definition) is 3. The van der Waals surface area contributed by atoms with E-state index >= 15 is 0 Å². The summed E-state index contributed by atoms with van der Waals surface area (Å²) in [4.78, 5) is 11.9. The van der Waals surface area contributed by atoms with Gasteiger partial charge in [-0.3, -0.25) is 0 Å². The van der Waals surface area contributed by atoms with Gasteiger partial charge >= 0.3 is 6.09 Å². The molecule has 0 fully saturated rings. The standard InChI is InChI=1S/C17H28N2O3/c1-13(19-16(21)22-17(2,3)4)15(18-11-8-12-20)14-9-6-5-7-10-14/h5-7,9-10,13,15,18,20H,8,11-12H2,1-4H3,(H,19,21). The topological polar surface area (TPSA) is 70.6 Å². The lowest BCUT2D eigenvalue weighted by Crippen LogP contribution is -2.45. The van der Waals surface area contributed by atoms with E-state index in [1.54, 1.807) is 0 Å². The maximum Gasteiger partial charge on any atom is 0.407 e. The summed E-state index contributed by atoms with van der Waals surface area (Å²) >= 11 is 0. The third-order valence-electron chi connectivity index (χ3n) is 3.10. The largest absolute Gasteiger partial charge is 0.444 e. The van der Waals surface area contributed by atoms with E-state index in [0.29, 0.717) is 13.0 Å². The van der Waals surface area contributed by atoms with Crippen molar-refractivity contribution in [3.05, 3.63) is 35.9 Å². The summed E-state index contributed by atoms with van der Waals surface area (Å²) in [6.45, 7) is 8.27. The van der Waals surface area contributed by atoms with Crippen LogP contribution < -0.4 is 10.6 Å². The average Bonchev–Trinajstić information content (AvgIpc) is 2.42. The zero-order chi connectivity index (χ0) is 16.6. The highest BCUT2D eigenvalue weighted by Crippen LogP contribution is 2.17. The number of nitrogens with one attached hydrogen (secondary N) is 2. The lowest BCUT2D eigenvalue weighted by atomic mass is 10.0. The molecule has 1 amide bonds. The first kappa shape index (κ1) is 18.5. The van der Waals surface area contributed by atoms with Gasteiger partial charge in [0.05, 0.1) is 6.04 Å². The Morgan fingerprint density at radius 2 is 1.91 bits per heavy atom. The summed E-state index contributed by atoms with van der Waals surface area (Å²) in [5, 5.41) is 15.2. The van der Waals surface area contributed by atoms with Gasteiger partial charge in [0.25, 0.3) is 0 Å². The molecule has 2 unspecified atom stereocenters. The van der Waals surface area contributed by atoms with Gasteiger partial charge in [-0.1, -0.05) is 30.3 Å². The summed E-state index contributed by atoms with van der Waals surface area (Å²) in [6, 6.07) is 9.75. The van der Waals surface area contributed by atoms with Gasteiger partial charge in [-0.05, 0) is 46.2 Å². The number of carbonyl (C=O) groups excluding carboxylic acids is 1. The predicted octanol–water partition coefficient (Wildman–Crippen LogP) is 2.61. The van der Waals surface area contributed by atoms with Gasteiger partial charge < -0.3 is 20.5 Å². The highest BCUT2D eigenvalue weighted by molar-refractivity contribution is 5.68. The Morgan fingerprint density at radius 3 is 2.45 bits per heavy atom. The molecule has 1 aromatic rings.